The van der Waals surface area contributed by atoms with Gasteiger partial charge in [0.25, 0.3) is 0 Å². The summed E-state index contributed by atoms with van der Waals surface area (Å²) in [6.07, 6.45) is 5.74. The number of halogens is 2. The van der Waals surface area contributed by atoms with Gasteiger partial charge in [0, 0.05) is 10.8 Å². The lowest BCUT2D eigenvalue weighted by Crippen LogP contribution is -2.10. The van der Waals surface area contributed by atoms with E-state index in [9.17, 15) is 9.59 Å². The molecule has 34 heavy (non-hydrogen) atoms. The number of rotatable bonds is 7. The Balaban J connectivity index is 2.06. The van der Waals surface area contributed by atoms with Gasteiger partial charge < -0.3 is 9.47 Å². The fourth-order valence-electron chi connectivity index (χ4n) is 3.09. The summed E-state index contributed by atoms with van der Waals surface area (Å²) in [4.78, 5) is 26.3. The third-order valence-electron chi connectivity index (χ3n) is 4.70. The van der Waals surface area contributed by atoms with Crippen molar-refractivity contribution in [2.75, 3.05) is 37.2 Å². The van der Waals surface area contributed by atoms with Crippen molar-refractivity contribution < 1.29 is 19.1 Å². The van der Waals surface area contributed by atoms with Crippen LogP contribution < -0.4 is 0 Å². The van der Waals surface area contributed by atoms with E-state index in [1.807, 2.05) is 17.5 Å². The highest BCUT2D eigenvalue weighted by Crippen LogP contribution is 2.43. The summed E-state index contributed by atoms with van der Waals surface area (Å²) in [6, 6.07) is 3.91. The quantitative estimate of drug-likeness (QED) is 0.236. The number of ether oxygens (including phenoxy) is 2. The number of methoxy groups -OCH3 is 2. The molecule has 0 amide bonds. The van der Waals surface area contributed by atoms with Gasteiger partial charge in [-0.25, -0.2) is 9.59 Å². The molecule has 2 saturated heterocycles. The molecular weight excluding hydrogens is 571 g/mol. The third kappa shape index (κ3) is 7.54. The first-order chi connectivity index (χ1) is 16.5. The molecule has 0 spiro atoms. The minimum Gasteiger partial charge on any atom is -0.465 e. The number of thioether (sulfide) groups is 4. The molecule has 1 unspecified atom stereocenters. The van der Waals surface area contributed by atoms with E-state index in [-0.39, 0.29) is 5.92 Å². The van der Waals surface area contributed by atoms with Crippen LogP contribution in [0.2, 0.25) is 0 Å². The normalized spacial score (nSPS) is 18.4. The molecule has 184 valence electrons. The highest BCUT2D eigenvalue weighted by Gasteiger charge is 2.26. The molecule has 11 heteroatoms. The summed E-state index contributed by atoms with van der Waals surface area (Å²) < 4.78 is 11.8. The van der Waals surface area contributed by atoms with Crippen LogP contribution in [0.15, 0.2) is 59.3 Å². The predicted octanol–water partition coefficient (Wildman–Crippen LogP) is 7.59. The largest absolute Gasteiger partial charge is 0.465 e. The first-order valence-electron chi connectivity index (χ1n) is 10.4. The summed E-state index contributed by atoms with van der Waals surface area (Å²) in [5.41, 5.74) is 0.741. The lowest BCUT2D eigenvalue weighted by atomic mass is 10.0. The maximum absolute atomic E-state index is 12.6. The first-order valence-corrected chi connectivity index (χ1v) is 16.0. The van der Waals surface area contributed by atoms with Crippen LogP contribution in [0, 0.1) is 0 Å². The minimum absolute atomic E-state index is 0.302. The summed E-state index contributed by atoms with van der Waals surface area (Å²) >= 11 is 21.5. The Hall–Kier alpha value is -0.420. The number of esters is 2. The number of carbonyl (C=O) groups excluding carboxylic acids is 2. The Morgan fingerprint density at radius 3 is 1.65 bits per heavy atom. The highest BCUT2D eigenvalue weighted by atomic mass is 35.5. The van der Waals surface area contributed by atoms with Gasteiger partial charge in [-0.1, -0.05) is 41.4 Å². The van der Waals surface area contributed by atoms with Crippen molar-refractivity contribution in [1.82, 2.24) is 0 Å². The molecule has 0 aromatic carbocycles. The predicted molar refractivity (Wildman–Crippen MR) is 152 cm³/mol. The van der Waals surface area contributed by atoms with E-state index in [4.69, 9.17) is 32.7 Å². The number of thiophene rings is 1. The topological polar surface area (TPSA) is 52.6 Å². The summed E-state index contributed by atoms with van der Waals surface area (Å²) in [7, 11) is 2.71. The monoisotopic (exact) mass is 594 g/mol. The molecule has 1 atom stereocenters. The highest BCUT2D eigenvalue weighted by molar-refractivity contribution is 8.23. The van der Waals surface area contributed by atoms with E-state index in [0.29, 0.717) is 21.2 Å². The second-order valence-electron chi connectivity index (χ2n) is 6.98. The van der Waals surface area contributed by atoms with Gasteiger partial charge in [-0.05, 0) is 47.3 Å². The Kier molecular flexibility index (Phi) is 11.9. The van der Waals surface area contributed by atoms with Crippen LogP contribution >= 0.6 is 81.6 Å². The van der Waals surface area contributed by atoms with Crippen LogP contribution in [0.3, 0.4) is 0 Å². The van der Waals surface area contributed by atoms with Crippen molar-refractivity contribution in [2.24, 2.45) is 0 Å². The van der Waals surface area contributed by atoms with Gasteiger partial charge in [-0.3, -0.25) is 0 Å². The van der Waals surface area contributed by atoms with Crippen LogP contribution in [0.4, 0.5) is 0 Å². The van der Waals surface area contributed by atoms with E-state index in [0.717, 1.165) is 49.2 Å². The van der Waals surface area contributed by atoms with Crippen LogP contribution in [0.5, 0.6) is 0 Å². The Morgan fingerprint density at radius 1 is 0.853 bits per heavy atom. The molecule has 3 heterocycles. The van der Waals surface area contributed by atoms with E-state index in [2.05, 4.69) is 0 Å². The molecule has 0 N–H and O–H groups in total. The molecule has 0 saturated carbocycles. The van der Waals surface area contributed by atoms with Gasteiger partial charge in [0.2, 0.25) is 0 Å². The molecule has 3 rings (SSSR count). The number of allylic oxidation sites excluding steroid dienone is 2. The smallest absolute Gasteiger partial charge is 0.341 e. The summed E-state index contributed by atoms with van der Waals surface area (Å²) in [6.45, 7) is 0. The van der Waals surface area contributed by atoms with Crippen molar-refractivity contribution in [3.63, 3.8) is 0 Å². The van der Waals surface area contributed by atoms with Gasteiger partial charge in [-0.15, -0.1) is 58.4 Å². The van der Waals surface area contributed by atoms with Gasteiger partial charge in [0.1, 0.15) is 0 Å². The lowest BCUT2D eigenvalue weighted by molar-refractivity contribution is -0.136. The second-order valence-corrected chi connectivity index (χ2v) is 13.7. The van der Waals surface area contributed by atoms with E-state index in [1.54, 1.807) is 70.5 Å². The standard InChI is InChI=1S/C23H24Cl2O4S5/c1-28-20(26)18(22-31-8-4-9-32-22)15(24)12-14(17-6-3-7-30-17)13-16(25)19(21(27)29-2)23-33-10-5-11-34-23/h3,6-7,12-14H,4-5,8-11H2,1-2H3/b15-12-,16-13+. The Bertz CT molecular complexity index is 935. The van der Waals surface area contributed by atoms with Crippen molar-refractivity contribution >= 4 is 93.5 Å². The zero-order valence-electron chi connectivity index (χ0n) is 18.6. The molecule has 2 aliphatic rings. The minimum atomic E-state index is -0.467. The van der Waals surface area contributed by atoms with E-state index in [1.165, 1.54) is 14.2 Å². The zero-order valence-corrected chi connectivity index (χ0v) is 24.2. The maximum atomic E-state index is 12.6. The number of hydrogen-bond donors (Lipinski definition) is 0. The maximum Gasteiger partial charge on any atom is 0.341 e. The fraction of sp³-hybridized carbons (Fsp3) is 0.391. The summed E-state index contributed by atoms with van der Waals surface area (Å²) in [5, 5.41) is 2.57. The fourth-order valence-corrected chi connectivity index (χ4v) is 9.97. The molecule has 1 aromatic heterocycles. The Morgan fingerprint density at radius 2 is 1.29 bits per heavy atom. The zero-order chi connectivity index (χ0) is 24.5. The summed E-state index contributed by atoms with van der Waals surface area (Å²) in [5.74, 6) is 2.43. The molecule has 0 bridgehead atoms. The Labute approximate surface area is 231 Å². The van der Waals surface area contributed by atoms with Gasteiger partial charge in [-0.2, -0.15) is 0 Å². The van der Waals surface area contributed by atoms with Crippen molar-refractivity contribution in [1.29, 1.82) is 0 Å². The van der Waals surface area contributed by atoms with Gasteiger partial charge >= 0.3 is 11.9 Å². The SMILES string of the molecule is COC(=O)C(=C1SCCCS1)/C(Cl)=C/C(/C=C(/Cl)C(C(=O)OC)=C1SCCCS1)c1cccs1. The van der Waals surface area contributed by atoms with Crippen LogP contribution in [-0.4, -0.2) is 49.2 Å². The molecular formula is C23H24Cl2O4S5. The van der Waals surface area contributed by atoms with Gasteiger partial charge in [0.15, 0.2) is 0 Å². The lowest BCUT2D eigenvalue weighted by Gasteiger charge is -2.18. The molecule has 4 nitrogen and oxygen atoms in total. The van der Waals surface area contributed by atoms with E-state index < -0.39 is 11.9 Å². The molecule has 0 aliphatic carbocycles. The average molecular weight is 596 g/mol. The molecule has 1 aromatic rings. The molecule has 2 fully saturated rings. The van der Waals surface area contributed by atoms with Crippen molar-refractivity contribution in [2.45, 2.75) is 18.8 Å². The molecule has 2 aliphatic heterocycles. The van der Waals surface area contributed by atoms with E-state index >= 15 is 0 Å². The van der Waals surface area contributed by atoms with Crippen LogP contribution in [0.1, 0.15) is 23.6 Å². The van der Waals surface area contributed by atoms with Crippen LogP contribution in [-0.2, 0) is 19.1 Å². The van der Waals surface area contributed by atoms with Crippen LogP contribution in [0.25, 0.3) is 0 Å². The number of carbonyl (C=O) groups is 2. The average Bonchev–Trinajstić information content (AvgIpc) is 3.40. The van der Waals surface area contributed by atoms with Gasteiger partial charge in [0.05, 0.1) is 43.9 Å². The molecule has 0 radical (unpaired) electrons. The second kappa shape index (κ2) is 14.4. The first kappa shape index (κ1) is 28.2. The third-order valence-corrected chi connectivity index (χ3v) is 11.6. The number of hydrogen-bond acceptors (Lipinski definition) is 9. The van der Waals surface area contributed by atoms with Crippen molar-refractivity contribution in [3.8, 4) is 0 Å². The van der Waals surface area contributed by atoms with Crippen molar-refractivity contribution in [3.05, 3.63) is 64.2 Å².